The summed E-state index contributed by atoms with van der Waals surface area (Å²) in [5, 5.41) is 10.2. The van der Waals surface area contributed by atoms with Crippen LogP contribution in [-0.2, 0) is 19.9 Å². The topological polar surface area (TPSA) is 38.1 Å². The summed E-state index contributed by atoms with van der Waals surface area (Å²) in [6, 6.07) is 6.36. The highest BCUT2D eigenvalue weighted by Crippen LogP contribution is 2.14. The van der Waals surface area contributed by atoms with E-state index in [2.05, 4.69) is 37.0 Å². The van der Waals surface area contributed by atoms with Gasteiger partial charge in [-0.2, -0.15) is 0 Å². The number of aliphatic hydroxyl groups excluding tert-OH is 1. The van der Waals surface area contributed by atoms with E-state index in [1.54, 1.807) is 6.20 Å². The van der Waals surface area contributed by atoms with Crippen LogP contribution in [0, 0.1) is 13.8 Å². The van der Waals surface area contributed by atoms with Crippen molar-refractivity contribution in [2.75, 3.05) is 0 Å². The van der Waals surface area contributed by atoms with Gasteiger partial charge in [-0.05, 0) is 31.4 Å². The average Bonchev–Trinajstić information content (AvgIpc) is 2.70. The van der Waals surface area contributed by atoms with E-state index in [1.165, 1.54) is 16.7 Å². The van der Waals surface area contributed by atoms with Crippen molar-refractivity contribution in [2.24, 2.45) is 7.05 Å². The molecule has 1 aromatic heterocycles. The minimum atomic E-state index is -0.383. The van der Waals surface area contributed by atoms with E-state index >= 15 is 0 Å². The first-order chi connectivity index (χ1) is 8.56. The second-order valence-corrected chi connectivity index (χ2v) is 4.95. The third kappa shape index (κ3) is 2.99. The number of aryl methyl sites for hydroxylation is 3. The van der Waals surface area contributed by atoms with Gasteiger partial charge in [0, 0.05) is 25.9 Å². The first-order valence-electron chi connectivity index (χ1n) is 6.26. The Bertz CT molecular complexity index is 531. The Hall–Kier alpha value is -1.61. The highest BCUT2D eigenvalue weighted by molar-refractivity contribution is 5.31. The van der Waals surface area contributed by atoms with Crippen molar-refractivity contribution >= 4 is 0 Å². The Kier molecular flexibility index (Phi) is 3.82. The smallest absolute Gasteiger partial charge is 0.110 e. The molecular formula is C15H20N2O. The summed E-state index contributed by atoms with van der Waals surface area (Å²) in [7, 11) is 1.95. The third-order valence-electron chi connectivity index (χ3n) is 3.30. The van der Waals surface area contributed by atoms with E-state index in [-0.39, 0.29) is 6.10 Å². The molecular weight excluding hydrogens is 224 g/mol. The van der Waals surface area contributed by atoms with Crippen LogP contribution in [0.25, 0.3) is 0 Å². The number of benzene rings is 1. The number of hydrogen-bond acceptors (Lipinski definition) is 2. The summed E-state index contributed by atoms with van der Waals surface area (Å²) in [6.45, 7) is 4.16. The van der Waals surface area contributed by atoms with Crippen molar-refractivity contribution in [1.82, 2.24) is 9.55 Å². The summed E-state index contributed by atoms with van der Waals surface area (Å²) in [4.78, 5) is 4.24. The van der Waals surface area contributed by atoms with Gasteiger partial charge in [-0.3, -0.25) is 0 Å². The van der Waals surface area contributed by atoms with E-state index < -0.39 is 0 Å². The predicted octanol–water partition coefficient (Wildman–Crippen LogP) is 2.18. The van der Waals surface area contributed by atoms with Gasteiger partial charge < -0.3 is 9.67 Å². The fourth-order valence-corrected chi connectivity index (χ4v) is 2.15. The lowest BCUT2D eigenvalue weighted by Gasteiger charge is -2.13. The Balaban J connectivity index is 2.05. The minimum Gasteiger partial charge on any atom is -0.392 e. The van der Waals surface area contributed by atoms with Gasteiger partial charge in [0.1, 0.15) is 5.82 Å². The highest BCUT2D eigenvalue weighted by Gasteiger charge is 2.11. The molecule has 0 aliphatic heterocycles. The monoisotopic (exact) mass is 244 g/mol. The molecule has 3 nitrogen and oxygen atoms in total. The summed E-state index contributed by atoms with van der Waals surface area (Å²) in [5.41, 5.74) is 3.69. The molecule has 0 aliphatic rings. The zero-order valence-electron chi connectivity index (χ0n) is 11.2. The Labute approximate surface area is 108 Å². The molecule has 1 heterocycles. The number of hydrogen-bond donors (Lipinski definition) is 1. The zero-order chi connectivity index (χ0) is 13.1. The lowest BCUT2D eigenvalue weighted by Crippen LogP contribution is -2.17. The van der Waals surface area contributed by atoms with Crippen LogP contribution in [0.4, 0.5) is 0 Å². The van der Waals surface area contributed by atoms with Crippen LogP contribution in [0.15, 0.2) is 30.6 Å². The molecule has 0 fully saturated rings. The largest absolute Gasteiger partial charge is 0.392 e. The zero-order valence-corrected chi connectivity index (χ0v) is 11.2. The van der Waals surface area contributed by atoms with Crippen LogP contribution in [0.3, 0.4) is 0 Å². The number of rotatable bonds is 4. The molecule has 96 valence electrons. The molecule has 3 heteroatoms. The molecule has 1 aromatic carbocycles. The molecule has 2 rings (SSSR count). The number of aliphatic hydroxyl groups is 1. The molecule has 18 heavy (non-hydrogen) atoms. The molecule has 1 N–H and O–H groups in total. The maximum absolute atomic E-state index is 10.2. The highest BCUT2D eigenvalue weighted by atomic mass is 16.3. The van der Waals surface area contributed by atoms with E-state index in [0.717, 1.165) is 5.82 Å². The fraction of sp³-hybridized carbons (Fsp3) is 0.400. The molecule has 0 saturated carbocycles. The van der Waals surface area contributed by atoms with Gasteiger partial charge >= 0.3 is 0 Å². The van der Waals surface area contributed by atoms with Crippen molar-refractivity contribution in [3.63, 3.8) is 0 Å². The second kappa shape index (κ2) is 5.36. The summed E-state index contributed by atoms with van der Waals surface area (Å²) in [5.74, 6) is 0.924. The van der Waals surface area contributed by atoms with Crippen LogP contribution in [-0.4, -0.2) is 20.8 Å². The van der Waals surface area contributed by atoms with Gasteiger partial charge in [-0.15, -0.1) is 0 Å². The standard InChI is InChI=1S/C15H20N2O/c1-11-4-5-12(2)13(8-11)9-14(18)10-15-16-6-7-17(15)3/h4-8,14,18H,9-10H2,1-3H3. The Morgan fingerprint density at radius 2 is 2.06 bits per heavy atom. The molecule has 0 saturated heterocycles. The van der Waals surface area contributed by atoms with Crippen molar-refractivity contribution in [3.8, 4) is 0 Å². The van der Waals surface area contributed by atoms with Crippen molar-refractivity contribution < 1.29 is 5.11 Å². The van der Waals surface area contributed by atoms with Gasteiger partial charge in [0.25, 0.3) is 0 Å². The SMILES string of the molecule is Cc1ccc(C)c(CC(O)Cc2nccn2C)c1. The van der Waals surface area contributed by atoms with Crippen LogP contribution >= 0.6 is 0 Å². The predicted molar refractivity (Wildman–Crippen MR) is 72.5 cm³/mol. The Morgan fingerprint density at radius 1 is 1.28 bits per heavy atom. The molecule has 1 atom stereocenters. The Morgan fingerprint density at radius 3 is 2.72 bits per heavy atom. The maximum atomic E-state index is 10.2. The number of imidazole rings is 1. The summed E-state index contributed by atoms with van der Waals surface area (Å²) in [6.07, 6.45) is 4.56. The van der Waals surface area contributed by atoms with Crippen molar-refractivity contribution in [2.45, 2.75) is 32.8 Å². The first kappa shape index (κ1) is 12.8. The molecule has 1 unspecified atom stereocenters. The van der Waals surface area contributed by atoms with Crippen molar-refractivity contribution in [3.05, 3.63) is 53.1 Å². The van der Waals surface area contributed by atoms with Crippen LogP contribution < -0.4 is 0 Å². The summed E-state index contributed by atoms with van der Waals surface area (Å²) < 4.78 is 1.95. The molecule has 0 aliphatic carbocycles. The molecule has 0 bridgehead atoms. The quantitative estimate of drug-likeness (QED) is 0.895. The lowest BCUT2D eigenvalue weighted by atomic mass is 9.99. The first-order valence-corrected chi connectivity index (χ1v) is 6.26. The van der Waals surface area contributed by atoms with Gasteiger partial charge in [0.05, 0.1) is 6.10 Å². The van der Waals surface area contributed by atoms with Gasteiger partial charge in [-0.1, -0.05) is 23.8 Å². The fourth-order valence-electron chi connectivity index (χ4n) is 2.15. The number of aromatic nitrogens is 2. The van der Waals surface area contributed by atoms with E-state index in [4.69, 9.17) is 0 Å². The van der Waals surface area contributed by atoms with E-state index in [9.17, 15) is 5.11 Å². The molecule has 0 radical (unpaired) electrons. The second-order valence-electron chi connectivity index (χ2n) is 4.95. The van der Waals surface area contributed by atoms with Crippen molar-refractivity contribution in [1.29, 1.82) is 0 Å². The third-order valence-corrected chi connectivity index (χ3v) is 3.30. The van der Waals surface area contributed by atoms with Crippen LogP contribution in [0.5, 0.6) is 0 Å². The van der Waals surface area contributed by atoms with Crippen LogP contribution in [0.2, 0.25) is 0 Å². The maximum Gasteiger partial charge on any atom is 0.110 e. The minimum absolute atomic E-state index is 0.383. The van der Waals surface area contributed by atoms with Crippen LogP contribution in [0.1, 0.15) is 22.5 Å². The molecule has 2 aromatic rings. The molecule has 0 spiro atoms. The lowest BCUT2D eigenvalue weighted by molar-refractivity contribution is 0.172. The average molecular weight is 244 g/mol. The van der Waals surface area contributed by atoms with Gasteiger partial charge in [0.2, 0.25) is 0 Å². The van der Waals surface area contributed by atoms with E-state index in [1.807, 2.05) is 17.8 Å². The number of nitrogens with zero attached hydrogens (tertiary/aromatic N) is 2. The molecule has 0 amide bonds. The van der Waals surface area contributed by atoms with E-state index in [0.29, 0.717) is 12.8 Å². The normalized spacial score (nSPS) is 12.7. The van der Waals surface area contributed by atoms with Gasteiger partial charge in [-0.25, -0.2) is 4.98 Å². The van der Waals surface area contributed by atoms with Gasteiger partial charge in [0.15, 0.2) is 0 Å². The summed E-state index contributed by atoms with van der Waals surface area (Å²) >= 11 is 0.